The van der Waals surface area contributed by atoms with E-state index in [0.717, 1.165) is 6.07 Å². The molecule has 21 heavy (non-hydrogen) atoms. The summed E-state index contributed by atoms with van der Waals surface area (Å²) in [6.07, 6.45) is -4.21. The summed E-state index contributed by atoms with van der Waals surface area (Å²) in [7, 11) is 0. The summed E-state index contributed by atoms with van der Waals surface area (Å²) in [5, 5.41) is 8.88. The summed E-state index contributed by atoms with van der Waals surface area (Å²) in [5.41, 5.74) is -0.971. The SMILES string of the molecule is CC(Cc1cc2c(cc1C(F)(F)F)OCCCO2)C(=O)O. The van der Waals surface area contributed by atoms with Crippen LogP contribution in [0.1, 0.15) is 24.5 Å². The minimum atomic E-state index is -4.57. The van der Waals surface area contributed by atoms with Crippen LogP contribution < -0.4 is 9.47 Å². The van der Waals surface area contributed by atoms with Gasteiger partial charge in [-0.25, -0.2) is 0 Å². The third kappa shape index (κ3) is 3.59. The Labute approximate surface area is 119 Å². The van der Waals surface area contributed by atoms with E-state index in [-0.39, 0.29) is 30.1 Å². The van der Waals surface area contributed by atoms with E-state index in [4.69, 9.17) is 14.6 Å². The summed E-state index contributed by atoms with van der Waals surface area (Å²) in [6.45, 7) is 2.01. The molecule has 0 aliphatic carbocycles. The lowest BCUT2D eigenvalue weighted by molar-refractivity contribution is -0.142. The molecule has 0 saturated heterocycles. The van der Waals surface area contributed by atoms with Crippen molar-refractivity contribution in [2.24, 2.45) is 5.92 Å². The average Bonchev–Trinajstić information content (AvgIpc) is 2.61. The number of carbonyl (C=O) groups is 1. The predicted octanol–water partition coefficient (Wildman–Crippen LogP) is 3.13. The van der Waals surface area contributed by atoms with Gasteiger partial charge in [0, 0.05) is 6.42 Å². The molecule has 0 spiro atoms. The maximum absolute atomic E-state index is 13.1. The second-order valence-electron chi connectivity index (χ2n) is 4.95. The zero-order valence-corrected chi connectivity index (χ0v) is 11.4. The van der Waals surface area contributed by atoms with Gasteiger partial charge in [-0.1, -0.05) is 6.92 Å². The number of alkyl halides is 3. The van der Waals surface area contributed by atoms with Crippen LogP contribution in [-0.4, -0.2) is 24.3 Å². The van der Waals surface area contributed by atoms with Gasteiger partial charge in [-0.3, -0.25) is 4.79 Å². The van der Waals surface area contributed by atoms with E-state index in [9.17, 15) is 18.0 Å². The molecule has 1 aliphatic rings. The van der Waals surface area contributed by atoms with Gasteiger partial charge in [0.25, 0.3) is 0 Å². The van der Waals surface area contributed by atoms with E-state index in [1.807, 2.05) is 0 Å². The van der Waals surface area contributed by atoms with Crippen molar-refractivity contribution in [3.8, 4) is 11.5 Å². The zero-order valence-electron chi connectivity index (χ0n) is 11.4. The highest BCUT2D eigenvalue weighted by Gasteiger charge is 2.35. The summed E-state index contributed by atoms with van der Waals surface area (Å²) in [6, 6.07) is 2.13. The van der Waals surface area contributed by atoms with Gasteiger partial charge in [0.1, 0.15) is 0 Å². The molecule has 1 aliphatic heterocycles. The number of ether oxygens (including phenoxy) is 2. The number of halogens is 3. The smallest absolute Gasteiger partial charge is 0.416 e. The Balaban J connectivity index is 2.45. The fraction of sp³-hybridized carbons (Fsp3) is 0.500. The molecule has 0 amide bonds. The number of hydrogen-bond donors (Lipinski definition) is 1. The highest BCUT2D eigenvalue weighted by molar-refractivity contribution is 5.70. The zero-order chi connectivity index (χ0) is 15.6. The van der Waals surface area contributed by atoms with Gasteiger partial charge in [0.15, 0.2) is 11.5 Å². The van der Waals surface area contributed by atoms with Crippen molar-refractivity contribution >= 4 is 5.97 Å². The first-order chi connectivity index (χ1) is 9.79. The topological polar surface area (TPSA) is 55.8 Å². The number of carboxylic acids is 1. The van der Waals surface area contributed by atoms with Crippen molar-refractivity contribution in [2.45, 2.75) is 25.9 Å². The molecule has 0 fully saturated rings. The number of aliphatic carboxylic acids is 1. The largest absolute Gasteiger partial charge is 0.490 e. The fourth-order valence-electron chi connectivity index (χ4n) is 2.10. The third-order valence-electron chi connectivity index (χ3n) is 3.23. The summed E-state index contributed by atoms with van der Waals surface area (Å²) in [5.74, 6) is -1.79. The van der Waals surface area contributed by atoms with Gasteiger partial charge in [0.2, 0.25) is 0 Å². The Morgan fingerprint density at radius 1 is 1.29 bits per heavy atom. The van der Waals surface area contributed by atoms with E-state index in [1.165, 1.54) is 13.0 Å². The van der Waals surface area contributed by atoms with Crippen molar-refractivity contribution < 1.29 is 32.5 Å². The molecule has 0 radical (unpaired) electrons. The van der Waals surface area contributed by atoms with Gasteiger partial charge in [0.05, 0.1) is 24.7 Å². The predicted molar refractivity (Wildman–Crippen MR) is 67.6 cm³/mol. The summed E-state index contributed by atoms with van der Waals surface area (Å²) >= 11 is 0. The molecule has 116 valence electrons. The molecule has 1 N–H and O–H groups in total. The van der Waals surface area contributed by atoms with Crippen molar-refractivity contribution in [3.63, 3.8) is 0 Å². The summed E-state index contributed by atoms with van der Waals surface area (Å²) in [4.78, 5) is 10.9. The lowest BCUT2D eigenvalue weighted by atomic mass is 9.96. The number of hydrogen-bond acceptors (Lipinski definition) is 3. The van der Waals surface area contributed by atoms with E-state index in [1.54, 1.807) is 0 Å². The van der Waals surface area contributed by atoms with E-state index < -0.39 is 23.6 Å². The maximum atomic E-state index is 13.1. The Morgan fingerprint density at radius 3 is 2.38 bits per heavy atom. The first-order valence-corrected chi connectivity index (χ1v) is 6.51. The monoisotopic (exact) mass is 304 g/mol. The van der Waals surface area contributed by atoms with Crippen LogP contribution in [0.4, 0.5) is 13.2 Å². The van der Waals surface area contributed by atoms with Crippen molar-refractivity contribution in [1.82, 2.24) is 0 Å². The molecule has 7 heteroatoms. The summed E-state index contributed by atoms with van der Waals surface area (Å²) < 4.78 is 50.0. The van der Waals surface area contributed by atoms with Crippen molar-refractivity contribution in [1.29, 1.82) is 0 Å². The number of rotatable bonds is 3. The molecule has 1 aromatic carbocycles. The van der Waals surface area contributed by atoms with E-state index >= 15 is 0 Å². The minimum absolute atomic E-state index is 0.0477. The molecule has 0 saturated carbocycles. The lowest BCUT2D eigenvalue weighted by Gasteiger charge is -2.18. The Kier molecular flexibility index (Phi) is 4.29. The molecule has 4 nitrogen and oxygen atoms in total. The molecule has 0 bridgehead atoms. The van der Waals surface area contributed by atoms with Crippen LogP contribution in [0.3, 0.4) is 0 Å². The van der Waals surface area contributed by atoms with E-state index in [0.29, 0.717) is 13.0 Å². The lowest BCUT2D eigenvalue weighted by Crippen LogP contribution is -2.17. The first-order valence-electron chi connectivity index (χ1n) is 6.51. The highest BCUT2D eigenvalue weighted by Crippen LogP contribution is 2.40. The number of benzene rings is 1. The van der Waals surface area contributed by atoms with Crippen LogP contribution in [0.2, 0.25) is 0 Å². The second-order valence-corrected chi connectivity index (χ2v) is 4.95. The Morgan fingerprint density at radius 2 is 1.86 bits per heavy atom. The average molecular weight is 304 g/mol. The van der Waals surface area contributed by atoms with Crippen molar-refractivity contribution in [3.05, 3.63) is 23.3 Å². The van der Waals surface area contributed by atoms with Crippen molar-refractivity contribution in [2.75, 3.05) is 13.2 Å². The molecule has 2 rings (SSSR count). The number of fused-ring (bicyclic) bond motifs is 1. The third-order valence-corrected chi connectivity index (χ3v) is 3.23. The fourth-order valence-corrected chi connectivity index (χ4v) is 2.10. The Bertz CT molecular complexity index is 540. The van der Waals surface area contributed by atoms with Gasteiger partial charge in [-0.2, -0.15) is 13.2 Å². The highest BCUT2D eigenvalue weighted by atomic mass is 19.4. The standard InChI is InChI=1S/C14H15F3O4/c1-8(13(18)19)5-9-6-11-12(21-4-2-3-20-11)7-10(9)14(15,16)17/h6-8H,2-5H2,1H3,(H,18,19). The molecule has 1 atom stereocenters. The molecule has 0 aromatic heterocycles. The van der Waals surface area contributed by atoms with Gasteiger partial charge in [-0.15, -0.1) is 0 Å². The molecule has 1 heterocycles. The van der Waals surface area contributed by atoms with Crippen LogP contribution in [0.5, 0.6) is 11.5 Å². The van der Waals surface area contributed by atoms with Crippen LogP contribution in [0.25, 0.3) is 0 Å². The van der Waals surface area contributed by atoms with E-state index in [2.05, 4.69) is 0 Å². The quantitative estimate of drug-likeness (QED) is 0.932. The second kappa shape index (κ2) is 5.83. The number of carboxylic acid groups (broad SMARTS) is 1. The Hall–Kier alpha value is -1.92. The van der Waals surface area contributed by atoms with Crippen LogP contribution in [0, 0.1) is 5.92 Å². The van der Waals surface area contributed by atoms with Gasteiger partial charge in [-0.05, 0) is 24.1 Å². The minimum Gasteiger partial charge on any atom is -0.490 e. The molecule has 1 aromatic rings. The molecule has 1 unspecified atom stereocenters. The van der Waals surface area contributed by atoms with Gasteiger partial charge >= 0.3 is 12.1 Å². The molecular formula is C14H15F3O4. The van der Waals surface area contributed by atoms with Crippen LogP contribution in [-0.2, 0) is 17.4 Å². The normalized spacial score (nSPS) is 16.2. The van der Waals surface area contributed by atoms with Crippen LogP contribution in [0.15, 0.2) is 12.1 Å². The first kappa shape index (κ1) is 15.5. The molecular weight excluding hydrogens is 289 g/mol. The van der Waals surface area contributed by atoms with Gasteiger partial charge < -0.3 is 14.6 Å². The maximum Gasteiger partial charge on any atom is 0.416 e. The van der Waals surface area contributed by atoms with Crippen LogP contribution >= 0.6 is 0 Å².